The molecule has 1 aromatic carbocycles. The van der Waals surface area contributed by atoms with Crippen molar-refractivity contribution < 1.29 is 19.5 Å². The molecule has 1 saturated heterocycles. The molecular formula is C12H11NO4. The largest absolute Gasteiger partial charge is 0.505 e. The fraction of sp³-hybridized carbons (Fsp3) is 0.250. The molecule has 0 aromatic heterocycles. The molecule has 0 saturated carbocycles. The zero-order valence-corrected chi connectivity index (χ0v) is 9.27. The summed E-state index contributed by atoms with van der Waals surface area (Å²) in [6.07, 6.45) is -0.149. The number of amides is 1. The number of nitrogens with zero attached hydrogens (tertiary/aromatic N) is 1. The molecule has 0 radical (unpaired) electrons. The Labute approximate surface area is 97.7 Å². The summed E-state index contributed by atoms with van der Waals surface area (Å²) in [5.41, 5.74) is 0.364. The molecule has 1 amide bonds. The molecule has 1 aliphatic heterocycles. The SMILES string of the molecule is CC(=O)c1cccc(N2CC(=O)CC2=O)c1O. The summed E-state index contributed by atoms with van der Waals surface area (Å²) in [5.74, 6) is -1.08. The predicted molar refractivity (Wildman–Crippen MR) is 60.1 cm³/mol. The van der Waals surface area contributed by atoms with E-state index in [9.17, 15) is 19.5 Å². The summed E-state index contributed by atoms with van der Waals surface area (Å²) in [6.45, 7) is 1.28. The summed E-state index contributed by atoms with van der Waals surface area (Å²) in [4.78, 5) is 35.1. The first-order valence-electron chi connectivity index (χ1n) is 5.15. The molecule has 0 unspecified atom stereocenters. The van der Waals surface area contributed by atoms with E-state index >= 15 is 0 Å². The second-order valence-electron chi connectivity index (χ2n) is 3.92. The van der Waals surface area contributed by atoms with Gasteiger partial charge < -0.3 is 10.0 Å². The normalized spacial score (nSPS) is 15.5. The molecule has 0 spiro atoms. The first-order chi connectivity index (χ1) is 8.00. The van der Waals surface area contributed by atoms with Crippen molar-refractivity contribution in [2.45, 2.75) is 13.3 Å². The Balaban J connectivity index is 2.46. The smallest absolute Gasteiger partial charge is 0.235 e. The molecule has 1 aromatic rings. The van der Waals surface area contributed by atoms with Gasteiger partial charge in [0.1, 0.15) is 5.75 Å². The highest BCUT2D eigenvalue weighted by Crippen LogP contribution is 2.33. The molecule has 1 heterocycles. The third-order valence-corrected chi connectivity index (χ3v) is 2.67. The minimum Gasteiger partial charge on any atom is -0.505 e. The van der Waals surface area contributed by atoms with Gasteiger partial charge in [0, 0.05) is 0 Å². The number of carbonyl (C=O) groups is 3. The summed E-state index contributed by atoms with van der Waals surface area (Å²) in [5, 5.41) is 9.90. The third-order valence-electron chi connectivity index (χ3n) is 2.67. The maximum absolute atomic E-state index is 11.5. The molecule has 88 valence electrons. The molecule has 5 heteroatoms. The maximum Gasteiger partial charge on any atom is 0.235 e. The number of Topliss-reactive ketones (excluding diaryl/α,β-unsaturated/α-hetero) is 2. The van der Waals surface area contributed by atoms with Crippen LogP contribution in [0.4, 0.5) is 5.69 Å². The van der Waals surface area contributed by atoms with Crippen molar-refractivity contribution in [1.82, 2.24) is 0 Å². The van der Waals surface area contributed by atoms with Crippen LogP contribution in [0.5, 0.6) is 5.75 Å². The molecule has 17 heavy (non-hydrogen) atoms. The van der Waals surface area contributed by atoms with Crippen LogP contribution >= 0.6 is 0 Å². The molecule has 0 atom stereocenters. The van der Waals surface area contributed by atoms with Gasteiger partial charge in [0.15, 0.2) is 11.6 Å². The predicted octanol–water partition coefficient (Wildman–Crippen LogP) is 0.901. The van der Waals surface area contributed by atoms with Crippen molar-refractivity contribution in [3.63, 3.8) is 0 Å². The summed E-state index contributed by atoms with van der Waals surface area (Å²) in [6, 6.07) is 4.56. The van der Waals surface area contributed by atoms with Crippen molar-refractivity contribution in [3.8, 4) is 5.75 Å². The highest BCUT2D eigenvalue weighted by Gasteiger charge is 2.30. The quantitative estimate of drug-likeness (QED) is 0.608. The maximum atomic E-state index is 11.5. The molecule has 1 aliphatic rings. The molecule has 2 rings (SSSR count). The summed E-state index contributed by atoms with van der Waals surface area (Å²) in [7, 11) is 0. The van der Waals surface area contributed by atoms with Crippen molar-refractivity contribution >= 4 is 23.2 Å². The fourth-order valence-electron chi connectivity index (χ4n) is 1.84. The first kappa shape index (κ1) is 11.3. The Morgan fingerprint density at radius 2 is 2.06 bits per heavy atom. The van der Waals surface area contributed by atoms with Crippen LogP contribution in [0.25, 0.3) is 0 Å². The van der Waals surface area contributed by atoms with Gasteiger partial charge in [-0.3, -0.25) is 14.4 Å². The molecule has 0 bridgehead atoms. The highest BCUT2D eigenvalue weighted by molar-refractivity contribution is 6.16. The molecule has 1 fully saturated rings. The van der Waals surface area contributed by atoms with E-state index in [0.717, 1.165) is 0 Å². The van der Waals surface area contributed by atoms with Crippen LogP contribution in [0.15, 0.2) is 18.2 Å². The van der Waals surface area contributed by atoms with Gasteiger partial charge in [-0.1, -0.05) is 6.07 Å². The molecule has 0 aliphatic carbocycles. The Hall–Kier alpha value is -2.17. The fourth-order valence-corrected chi connectivity index (χ4v) is 1.84. The van der Waals surface area contributed by atoms with Gasteiger partial charge in [0.25, 0.3) is 0 Å². The first-order valence-corrected chi connectivity index (χ1v) is 5.15. The zero-order chi connectivity index (χ0) is 12.6. The number of benzene rings is 1. The van der Waals surface area contributed by atoms with Gasteiger partial charge in [0.2, 0.25) is 5.91 Å². The van der Waals surface area contributed by atoms with Crippen molar-refractivity contribution in [1.29, 1.82) is 0 Å². The van der Waals surface area contributed by atoms with Crippen LogP contribution in [-0.4, -0.2) is 29.1 Å². The number of anilines is 1. The number of phenolic OH excluding ortho intramolecular Hbond substituents is 1. The minimum absolute atomic E-state index is 0.0479. The minimum atomic E-state index is -0.356. The van der Waals surface area contributed by atoms with E-state index in [1.54, 1.807) is 6.07 Å². The van der Waals surface area contributed by atoms with Crippen LogP contribution in [0.1, 0.15) is 23.7 Å². The Morgan fingerprint density at radius 3 is 2.59 bits per heavy atom. The average molecular weight is 233 g/mol. The van der Waals surface area contributed by atoms with Crippen LogP contribution in [0, 0.1) is 0 Å². The van der Waals surface area contributed by atoms with E-state index in [-0.39, 0.29) is 47.4 Å². The topological polar surface area (TPSA) is 74.7 Å². The lowest BCUT2D eigenvalue weighted by Crippen LogP contribution is -2.24. The van der Waals surface area contributed by atoms with E-state index in [1.807, 2.05) is 0 Å². The number of ketones is 2. The van der Waals surface area contributed by atoms with Crippen LogP contribution in [0.2, 0.25) is 0 Å². The van der Waals surface area contributed by atoms with Gasteiger partial charge >= 0.3 is 0 Å². The third kappa shape index (κ3) is 1.91. The summed E-state index contributed by atoms with van der Waals surface area (Å²) >= 11 is 0. The van der Waals surface area contributed by atoms with Crippen molar-refractivity contribution in [3.05, 3.63) is 23.8 Å². The lowest BCUT2D eigenvalue weighted by Gasteiger charge is -2.17. The van der Waals surface area contributed by atoms with E-state index in [4.69, 9.17) is 0 Å². The number of phenols is 1. The van der Waals surface area contributed by atoms with Gasteiger partial charge in [-0.25, -0.2) is 0 Å². The van der Waals surface area contributed by atoms with Gasteiger partial charge in [-0.05, 0) is 19.1 Å². The van der Waals surface area contributed by atoms with E-state index in [1.165, 1.54) is 24.0 Å². The highest BCUT2D eigenvalue weighted by atomic mass is 16.3. The number of para-hydroxylation sites is 1. The molecule has 5 nitrogen and oxygen atoms in total. The average Bonchev–Trinajstić information content (AvgIpc) is 2.57. The van der Waals surface area contributed by atoms with E-state index < -0.39 is 0 Å². The number of aromatic hydroxyl groups is 1. The lowest BCUT2D eigenvalue weighted by molar-refractivity contribution is -0.121. The second kappa shape index (κ2) is 4.01. The van der Waals surface area contributed by atoms with E-state index in [0.29, 0.717) is 0 Å². The monoisotopic (exact) mass is 233 g/mol. The van der Waals surface area contributed by atoms with Gasteiger partial charge in [0.05, 0.1) is 24.2 Å². The van der Waals surface area contributed by atoms with Crippen LogP contribution in [-0.2, 0) is 9.59 Å². The standard InChI is InChI=1S/C12H11NO4/c1-7(14)9-3-2-4-10(12(9)17)13-6-8(15)5-11(13)16/h2-4,17H,5-6H2,1H3. The van der Waals surface area contributed by atoms with Gasteiger partial charge in [-0.15, -0.1) is 0 Å². The van der Waals surface area contributed by atoms with Crippen LogP contribution in [0.3, 0.4) is 0 Å². The number of rotatable bonds is 2. The number of hydrogen-bond donors (Lipinski definition) is 1. The number of hydrogen-bond acceptors (Lipinski definition) is 4. The van der Waals surface area contributed by atoms with Crippen molar-refractivity contribution in [2.24, 2.45) is 0 Å². The molecule has 1 N–H and O–H groups in total. The lowest BCUT2D eigenvalue weighted by atomic mass is 10.1. The Bertz CT molecular complexity index is 521. The van der Waals surface area contributed by atoms with Crippen LogP contribution < -0.4 is 4.90 Å². The Kier molecular flexibility index (Phi) is 2.67. The second-order valence-corrected chi connectivity index (χ2v) is 3.92. The zero-order valence-electron chi connectivity index (χ0n) is 9.27. The Morgan fingerprint density at radius 1 is 1.35 bits per heavy atom. The number of carbonyl (C=O) groups excluding carboxylic acids is 3. The van der Waals surface area contributed by atoms with Crippen molar-refractivity contribution in [2.75, 3.05) is 11.4 Å². The summed E-state index contributed by atoms with van der Waals surface area (Å²) < 4.78 is 0. The van der Waals surface area contributed by atoms with Gasteiger partial charge in [-0.2, -0.15) is 0 Å². The molecular weight excluding hydrogens is 222 g/mol. The van der Waals surface area contributed by atoms with E-state index in [2.05, 4.69) is 0 Å².